The van der Waals surface area contributed by atoms with Gasteiger partial charge in [-0.1, -0.05) is 65.0 Å². The number of esters is 1. The van der Waals surface area contributed by atoms with Crippen molar-refractivity contribution < 1.29 is 48.3 Å². The molecule has 5 aromatic carbocycles. The van der Waals surface area contributed by atoms with E-state index in [4.69, 9.17) is 14.2 Å². The van der Waals surface area contributed by atoms with E-state index in [0.717, 1.165) is 23.8 Å². The van der Waals surface area contributed by atoms with Crippen LogP contribution in [0.15, 0.2) is 97.1 Å². The van der Waals surface area contributed by atoms with Crippen molar-refractivity contribution in [3.8, 4) is 0 Å². The zero-order valence-electron chi connectivity index (χ0n) is 34.9. The summed E-state index contributed by atoms with van der Waals surface area (Å²) >= 11 is 0. The number of carboxylic acid groups (broad SMARTS) is 1. The Labute approximate surface area is 355 Å². The highest BCUT2D eigenvalue weighted by Crippen LogP contribution is 2.58. The maximum Gasteiger partial charge on any atom is 0.414 e. The lowest BCUT2D eigenvalue weighted by Gasteiger charge is -2.45. The molecule has 16 heteroatoms. The van der Waals surface area contributed by atoms with E-state index in [-0.39, 0.29) is 34.4 Å². The molecule has 5 aromatic rings. The fourth-order valence-electron chi connectivity index (χ4n) is 8.06. The lowest BCUT2D eigenvalue weighted by Crippen LogP contribution is -2.42. The lowest BCUT2D eigenvalue weighted by molar-refractivity contribution is -0.386. The van der Waals surface area contributed by atoms with E-state index in [9.17, 15) is 44.5 Å². The summed E-state index contributed by atoms with van der Waals surface area (Å²) in [7, 11) is 2.96. The number of para-hydroxylation sites is 1. The maximum absolute atomic E-state index is 13.9. The molecular formula is C46H42N4O12. The summed E-state index contributed by atoms with van der Waals surface area (Å²) in [6.45, 7) is 9.15. The Morgan fingerprint density at radius 3 is 1.76 bits per heavy atom. The molecule has 1 heterocycles. The number of nitro groups is 2. The molecule has 7 rings (SSSR count). The predicted molar refractivity (Wildman–Crippen MR) is 226 cm³/mol. The number of fused-ring (bicyclic) bond motifs is 6. The summed E-state index contributed by atoms with van der Waals surface area (Å²) in [5.41, 5.74) is 1.95. The second-order valence-corrected chi connectivity index (χ2v) is 16.7. The topological polar surface area (TPSA) is 209 Å². The molecule has 2 amide bonds. The van der Waals surface area contributed by atoms with Gasteiger partial charge in [-0.3, -0.25) is 30.0 Å². The van der Waals surface area contributed by atoms with Gasteiger partial charge in [0.1, 0.15) is 13.2 Å². The van der Waals surface area contributed by atoms with Crippen molar-refractivity contribution in [1.29, 1.82) is 0 Å². The van der Waals surface area contributed by atoms with Gasteiger partial charge >= 0.3 is 24.1 Å². The molecule has 1 aliphatic heterocycles. The van der Waals surface area contributed by atoms with Crippen molar-refractivity contribution in [2.75, 3.05) is 23.9 Å². The molecule has 1 aliphatic carbocycles. The minimum Gasteiger partial charge on any atom is -0.478 e. The van der Waals surface area contributed by atoms with Gasteiger partial charge in [0.25, 0.3) is 11.4 Å². The first-order chi connectivity index (χ1) is 29.2. The van der Waals surface area contributed by atoms with Crippen LogP contribution in [0.3, 0.4) is 0 Å². The Morgan fingerprint density at radius 2 is 1.23 bits per heavy atom. The molecule has 1 N–H and O–H groups in total. The second kappa shape index (κ2) is 15.4. The van der Waals surface area contributed by atoms with Crippen molar-refractivity contribution in [2.24, 2.45) is 0 Å². The van der Waals surface area contributed by atoms with Gasteiger partial charge < -0.3 is 19.3 Å². The molecule has 318 valence electrons. The number of ether oxygens (including phenoxy) is 3. The summed E-state index contributed by atoms with van der Waals surface area (Å²) in [5, 5.41) is 32.7. The van der Waals surface area contributed by atoms with E-state index < -0.39 is 57.3 Å². The van der Waals surface area contributed by atoms with E-state index in [0.29, 0.717) is 44.8 Å². The van der Waals surface area contributed by atoms with Gasteiger partial charge in [0.2, 0.25) is 0 Å². The third-order valence-corrected chi connectivity index (χ3v) is 11.6. The van der Waals surface area contributed by atoms with Gasteiger partial charge in [-0.2, -0.15) is 0 Å². The van der Waals surface area contributed by atoms with Crippen molar-refractivity contribution >= 4 is 46.9 Å². The van der Waals surface area contributed by atoms with Gasteiger partial charge in [0.05, 0.1) is 32.1 Å². The smallest absolute Gasteiger partial charge is 0.414 e. The van der Waals surface area contributed by atoms with Crippen LogP contribution in [0, 0.1) is 20.2 Å². The number of carbonyl (C=O) groups is 4. The maximum atomic E-state index is 13.9. The molecule has 0 bridgehead atoms. The summed E-state index contributed by atoms with van der Waals surface area (Å²) in [4.78, 5) is 77.1. The monoisotopic (exact) mass is 842 g/mol. The Hall–Kier alpha value is -7.62. The molecule has 0 aromatic heterocycles. The molecule has 0 radical (unpaired) electrons. The van der Waals surface area contributed by atoms with Gasteiger partial charge in [0.15, 0.2) is 5.60 Å². The number of carbonyl (C=O) groups excluding carboxylic acids is 3. The number of benzene rings is 5. The summed E-state index contributed by atoms with van der Waals surface area (Å²) < 4.78 is 17.6. The van der Waals surface area contributed by atoms with Gasteiger partial charge in [0, 0.05) is 59.7 Å². The Bertz CT molecular complexity index is 2740. The number of hydrogen-bond donors (Lipinski definition) is 1. The van der Waals surface area contributed by atoms with Crippen LogP contribution < -0.4 is 9.80 Å². The second-order valence-electron chi connectivity index (χ2n) is 16.7. The highest BCUT2D eigenvalue weighted by atomic mass is 16.6. The number of carboxylic acids is 1. The molecule has 1 spiro atoms. The quantitative estimate of drug-likeness (QED) is 0.0637. The third kappa shape index (κ3) is 7.22. The molecule has 1 atom stereocenters. The average molecular weight is 843 g/mol. The van der Waals surface area contributed by atoms with E-state index in [2.05, 4.69) is 20.8 Å². The van der Waals surface area contributed by atoms with Crippen LogP contribution in [0.25, 0.3) is 0 Å². The first kappa shape index (κ1) is 42.5. The highest BCUT2D eigenvalue weighted by Gasteiger charge is 2.56. The van der Waals surface area contributed by atoms with Crippen LogP contribution >= 0.6 is 0 Å². The molecule has 1 unspecified atom stereocenters. The lowest BCUT2D eigenvalue weighted by atomic mass is 9.61. The number of aromatic carboxylic acids is 1. The zero-order valence-corrected chi connectivity index (χ0v) is 34.9. The fourth-order valence-corrected chi connectivity index (χ4v) is 8.06. The summed E-state index contributed by atoms with van der Waals surface area (Å²) in [6.07, 6.45) is -1.67. The van der Waals surface area contributed by atoms with Crippen LogP contribution in [-0.2, 0) is 43.9 Å². The van der Waals surface area contributed by atoms with Gasteiger partial charge in [-0.25, -0.2) is 19.2 Å². The summed E-state index contributed by atoms with van der Waals surface area (Å²) in [5.74, 6) is -1.84. The van der Waals surface area contributed by atoms with Crippen LogP contribution in [0.1, 0.15) is 99.8 Å². The number of amides is 2. The number of rotatable bonds is 9. The van der Waals surface area contributed by atoms with E-state index in [1.165, 1.54) is 42.1 Å². The Balaban J connectivity index is 1.30. The van der Waals surface area contributed by atoms with E-state index in [1.54, 1.807) is 42.5 Å². The summed E-state index contributed by atoms with van der Waals surface area (Å²) in [6, 6.07) is 25.4. The fraction of sp³-hybridized carbons (Fsp3) is 0.261. The van der Waals surface area contributed by atoms with Crippen molar-refractivity contribution in [3.63, 3.8) is 0 Å². The van der Waals surface area contributed by atoms with Crippen LogP contribution in [0.2, 0.25) is 0 Å². The third-order valence-electron chi connectivity index (χ3n) is 11.6. The Morgan fingerprint density at radius 1 is 0.694 bits per heavy atom. The van der Waals surface area contributed by atoms with Crippen molar-refractivity contribution in [1.82, 2.24) is 0 Å². The SMILES string of the molecule is CN(C(=O)OCc1ccccc1[N+](=O)[O-])c1ccc2c(c1)C(C)(C)c1cc(N(C)C(=O)OCc3cc(C(=O)O)ccc3[N+](=O)[O-])ccc1C21OC(=O)c2ccc(C(C)(C)C)cc21. The highest BCUT2D eigenvalue weighted by molar-refractivity contribution is 5.98. The molecule has 0 saturated carbocycles. The molecule has 0 saturated heterocycles. The number of hydrogen-bond acceptors (Lipinski definition) is 11. The molecular weight excluding hydrogens is 801 g/mol. The first-order valence-electron chi connectivity index (χ1n) is 19.4. The Kier molecular flexibility index (Phi) is 10.6. The number of anilines is 2. The average Bonchev–Trinajstić information content (AvgIpc) is 3.54. The van der Waals surface area contributed by atoms with Crippen molar-refractivity contribution in [2.45, 2.75) is 64.3 Å². The van der Waals surface area contributed by atoms with E-state index in [1.807, 2.05) is 32.0 Å². The number of nitrogens with zero attached hydrogens (tertiary/aromatic N) is 4. The minimum absolute atomic E-state index is 0.107. The standard InChI is InChI=1S/C46H42N4O12/c1-44(2,3)29-13-16-32-35(21-29)46(62-41(32)53)33-17-14-30(47(6)42(54)60-24-27-10-8-9-11-38(27)49(56)57)22-36(33)45(4,5)37-23-31(15-18-34(37)46)48(7)43(55)61-25-28-20-26(40(51)52)12-19-39(28)50(58)59/h8-23H,24-25H2,1-7H3,(H,51,52). The molecule has 62 heavy (non-hydrogen) atoms. The predicted octanol–water partition coefficient (Wildman–Crippen LogP) is 9.15. The molecule has 16 nitrogen and oxygen atoms in total. The van der Waals surface area contributed by atoms with Gasteiger partial charge in [-0.15, -0.1) is 0 Å². The first-order valence-corrected chi connectivity index (χ1v) is 19.4. The van der Waals surface area contributed by atoms with Gasteiger partial charge in [-0.05, 0) is 76.7 Å². The molecule has 0 fully saturated rings. The van der Waals surface area contributed by atoms with Crippen LogP contribution in [0.4, 0.5) is 32.3 Å². The van der Waals surface area contributed by atoms with Crippen molar-refractivity contribution in [3.05, 3.63) is 173 Å². The largest absolute Gasteiger partial charge is 0.478 e. The zero-order chi connectivity index (χ0) is 45.1. The minimum atomic E-state index is -1.47. The molecule has 2 aliphatic rings. The van der Waals surface area contributed by atoms with E-state index >= 15 is 0 Å². The van der Waals surface area contributed by atoms with Crippen LogP contribution in [-0.4, -0.2) is 53.2 Å². The number of nitro benzene ring substituents is 2. The normalized spacial score (nSPS) is 15.7. The van der Waals surface area contributed by atoms with Crippen LogP contribution in [0.5, 0.6) is 0 Å².